The first-order valence-corrected chi connectivity index (χ1v) is 8.46. The molecule has 2 aromatic carbocycles. The average molecular weight is 334 g/mol. The van der Waals surface area contributed by atoms with Gasteiger partial charge in [0, 0.05) is 18.7 Å². The Morgan fingerprint density at radius 3 is 2.52 bits per heavy atom. The first kappa shape index (κ1) is 17.0. The maximum Gasteiger partial charge on any atom is 0.254 e. The molecule has 0 aliphatic rings. The molecular weight excluding hydrogens is 312 g/mol. The van der Waals surface area contributed by atoms with Crippen molar-refractivity contribution >= 4 is 16.8 Å². The number of fused-ring (bicyclic) bond motifs is 1. The third kappa shape index (κ3) is 3.97. The predicted molar refractivity (Wildman–Crippen MR) is 101 cm³/mol. The molecule has 1 heterocycles. The number of aryl methyl sites for hydroxylation is 2. The Balaban J connectivity index is 1.67. The summed E-state index contributed by atoms with van der Waals surface area (Å²) in [6, 6.07) is 17.6. The van der Waals surface area contributed by atoms with Gasteiger partial charge < -0.3 is 9.88 Å². The molecule has 0 bridgehead atoms. The summed E-state index contributed by atoms with van der Waals surface area (Å²) in [6.07, 6.45) is 0.351. The molecule has 0 saturated carbocycles. The van der Waals surface area contributed by atoms with E-state index in [4.69, 9.17) is 0 Å². The van der Waals surface area contributed by atoms with Gasteiger partial charge in [-0.25, -0.2) is 0 Å². The second-order valence-electron chi connectivity index (χ2n) is 6.36. The van der Waals surface area contributed by atoms with E-state index in [0.29, 0.717) is 25.1 Å². The molecule has 4 nitrogen and oxygen atoms in total. The highest BCUT2D eigenvalue weighted by Gasteiger charge is 2.07. The van der Waals surface area contributed by atoms with Crippen molar-refractivity contribution in [2.24, 2.45) is 0 Å². The number of carbonyl (C=O) groups excluding carboxylic acids is 1. The van der Waals surface area contributed by atoms with Crippen molar-refractivity contribution in [2.75, 3.05) is 6.54 Å². The van der Waals surface area contributed by atoms with Gasteiger partial charge in [-0.3, -0.25) is 9.59 Å². The summed E-state index contributed by atoms with van der Waals surface area (Å²) in [4.78, 5) is 24.5. The smallest absolute Gasteiger partial charge is 0.254 e. The van der Waals surface area contributed by atoms with Crippen molar-refractivity contribution in [3.05, 3.63) is 81.6 Å². The standard InChI is InChI=1S/C21H22N2O2/c1-15-7-9-17(10-8-15)14-20(24)22-11-12-23-19-6-4-3-5-18(19)13-16(2)21(23)25/h3-10,13H,11-12,14H2,1-2H3,(H,22,24). The molecule has 25 heavy (non-hydrogen) atoms. The second kappa shape index (κ2) is 7.34. The zero-order chi connectivity index (χ0) is 17.8. The Labute approximate surface area is 147 Å². The average Bonchev–Trinajstić information content (AvgIpc) is 2.60. The van der Waals surface area contributed by atoms with Gasteiger partial charge in [-0.2, -0.15) is 0 Å². The van der Waals surface area contributed by atoms with Crippen LogP contribution in [0.15, 0.2) is 59.4 Å². The third-order valence-corrected chi connectivity index (χ3v) is 4.32. The first-order chi connectivity index (χ1) is 12.0. The van der Waals surface area contributed by atoms with E-state index in [1.807, 2.05) is 68.4 Å². The highest BCUT2D eigenvalue weighted by Crippen LogP contribution is 2.12. The van der Waals surface area contributed by atoms with Gasteiger partial charge in [0.15, 0.2) is 0 Å². The quantitative estimate of drug-likeness (QED) is 0.780. The zero-order valence-electron chi connectivity index (χ0n) is 14.6. The number of pyridine rings is 1. The molecule has 1 amide bonds. The highest BCUT2D eigenvalue weighted by molar-refractivity contribution is 5.80. The van der Waals surface area contributed by atoms with E-state index in [2.05, 4.69) is 5.32 Å². The number of aromatic nitrogens is 1. The minimum atomic E-state index is -0.0335. The molecule has 128 valence electrons. The van der Waals surface area contributed by atoms with Crippen LogP contribution in [-0.2, 0) is 17.8 Å². The molecule has 0 saturated heterocycles. The largest absolute Gasteiger partial charge is 0.354 e. The molecule has 0 aliphatic carbocycles. The molecule has 0 atom stereocenters. The van der Waals surface area contributed by atoms with Crippen LogP contribution in [-0.4, -0.2) is 17.0 Å². The van der Waals surface area contributed by atoms with E-state index in [-0.39, 0.29) is 11.5 Å². The molecule has 0 unspecified atom stereocenters. The van der Waals surface area contributed by atoms with Gasteiger partial charge in [0.05, 0.1) is 11.9 Å². The van der Waals surface area contributed by atoms with Crippen molar-refractivity contribution < 1.29 is 4.79 Å². The van der Waals surface area contributed by atoms with E-state index in [1.54, 1.807) is 4.57 Å². The first-order valence-electron chi connectivity index (χ1n) is 8.46. The van der Waals surface area contributed by atoms with Crippen molar-refractivity contribution in [1.29, 1.82) is 0 Å². The lowest BCUT2D eigenvalue weighted by Crippen LogP contribution is -2.32. The lowest BCUT2D eigenvalue weighted by Gasteiger charge is -2.12. The number of para-hydroxylation sites is 1. The molecular formula is C21H22N2O2. The van der Waals surface area contributed by atoms with Crippen molar-refractivity contribution in [3.8, 4) is 0 Å². The summed E-state index contributed by atoms with van der Waals surface area (Å²) in [5.41, 5.74) is 3.76. The summed E-state index contributed by atoms with van der Waals surface area (Å²) in [6.45, 7) is 4.73. The SMILES string of the molecule is Cc1ccc(CC(=O)NCCn2c(=O)c(C)cc3ccccc32)cc1. The molecule has 3 aromatic rings. The number of benzene rings is 2. The summed E-state index contributed by atoms with van der Waals surface area (Å²) in [5.74, 6) is -0.0335. The zero-order valence-corrected chi connectivity index (χ0v) is 14.6. The van der Waals surface area contributed by atoms with Crippen LogP contribution in [0.4, 0.5) is 0 Å². The van der Waals surface area contributed by atoms with Crippen LogP contribution >= 0.6 is 0 Å². The van der Waals surface area contributed by atoms with Crippen LogP contribution in [0.3, 0.4) is 0 Å². The normalized spacial score (nSPS) is 10.8. The number of rotatable bonds is 5. The second-order valence-corrected chi connectivity index (χ2v) is 6.36. The minimum absolute atomic E-state index is 0.00789. The van der Waals surface area contributed by atoms with Gasteiger partial charge >= 0.3 is 0 Å². The third-order valence-electron chi connectivity index (χ3n) is 4.32. The molecule has 0 radical (unpaired) electrons. The van der Waals surface area contributed by atoms with Crippen LogP contribution in [0.2, 0.25) is 0 Å². The van der Waals surface area contributed by atoms with Gasteiger partial charge in [-0.05, 0) is 36.9 Å². The molecule has 3 rings (SSSR count). The Morgan fingerprint density at radius 1 is 1.04 bits per heavy atom. The van der Waals surface area contributed by atoms with Crippen LogP contribution in [0, 0.1) is 13.8 Å². The Bertz CT molecular complexity index is 956. The van der Waals surface area contributed by atoms with Crippen LogP contribution in [0.25, 0.3) is 10.9 Å². The predicted octanol–water partition coefficient (Wildman–Crippen LogP) is 2.98. The monoisotopic (exact) mass is 334 g/mol. The van der Waals surface area contributed by atoms with Crippen LogP contribution in [0.1, 0.15) is 16.7 Å². The molecule has 0 aliphatic heterocycles. The highest BCUT2D eigenvalue weighted by atomic mass is 16.1. The van der Waals surface area contributed by atoms with Gasteiger partial charge in [0.2, 0.25) is 5.91 Å². The van der Waals surface area contributed by atoms with Crippen LogP contribution in [0.5, 0.6) is 0 Å². The topological polar surface area (TPSA) is 51.1 Å². The number of hydrogen-bond donors (Lipinski definition) is 1. The van der Waals surface area contributed by atoms with E-state index in [9.17, 15) is 9.59 Å². The number of nitrogens with one attached hydrogen (secondary N) is 1. The van der Waals surface area contributed by atoms with Crippen molar-refractivity contribution in [3.63, 3.8) is 0 Å². The summed E-state index contributed by atoms with van der Waals surface area (Å²) in [5, 5.41) is 3.94. The fraction of sp³-hybridized carbons (Fsp3) is 0.238. The van der Waals surface area contributed by atoms with Crippen LogP contribution < -0.4 is 10.9 Å². The lowest BCUT2D eigenvalue weighted by atomic mass is 10.1. The van der Waals surface area contributed by atoms with Gasteiger partial charge in [0.25, 0.3) is 5.56 Å². The maximum absolute atomic E-state index is 12.4. The molecule has 1 N–H and O–H groups in total. The van der Waals surface area contributed by atoms with E-state index < -0.39 is 0 Å². The Morgan fingerprint density at radius 2 is 1.76 bits per heavy atom. The minimum Gasteiger partial charge on any atom is -0.354 e. The molecule has 0 fully saturated rings. The summed E-state index contributed by atoms with van der Waals surface area (Å²) >= 11 is 0. The van der Waals surface area contributed by atoms with Gasteiger partial charge in [-0.1, -0.05) is 48.0 Å². The Hall–Kier alpha value is -2.88. The fourth-order valence-corrected chi connectivity index (χ4v) is 2.96. The molecule has 1 aromatic heterocycles. The van der Waals surface area contributed by atoms with E-state index >= 15 is 0 Å². The van der Waals surface area contributed by atoms with Gasteiger partial charge in [-0.15, -0.1) is 0 Å². The number of carbonyl (C=O) groups is 1. The lowest BCUT2D eigenvalue weighted by molar-refractivity contribution is -0.120. The van der Waals surface area contributed by atoms with E-state index in [1.165, 1.54) is 5.56 Å². The maximum atomic E-state index is 12.4. The Kier molecular flexibility index (Phi) is 4.98. The van der Waals surface area contributed by atoms with Gasteiger partial charge in [0.1, 0.15) is 0 Å². The fourth-order valence-electron chi connectivity index (χ4n) is 2.96. The summed E-state index contributed by atoms with van der Waals surface area (Å²) in [7, 11) is 0. The molecule has 0 spiro atoms. The van der Waals surface area contributed by atoms with E-state index in [0.717, 1.165) is 16.5 Å². The number of nitrogens with zero attached hydrogens (tertiary/aromatic N) is 1. The van der Waals surface area contributed by atoms with Crippen molar-refractivity contribution in [1.82, 2.24) is 9.88 Å². The number of hydrogen-bond acceptors (Lipinski definition) is 2. The number of amides is 1. The summed E-state index contributed by atoms with van der Waals surface area (Å²) < 4.78 is 1.73. The molecule has 4 heteroatoms. The van der Waals surface area contributed by atoms with Crippen molar-refractivity contribution in [2.45, 2.75) is 26.8 Å².